The molecule has 2 bridgehead atoms. The van der Waals surface area contributed by atoms with Crippen LogP contribution in [0.15, 0.2) is 18.2 Å². The predicted molar refractivity (Wildman–Crippen MR) is 60.5 cm³/mol. The fourth-order valence-corrected chi connectivity index (χ4v) is 2.98. The van der Waals surface area contributed by atoms with E-state index in [4.69, 9.17) is 4.74 Å². The lowest BCUT2D eigenvalue weighted by atomic mass is 9.76. The largest absolute Gasteiger partial charge is 0.497 e. The summed E-state index contributed by atoms with van der Waals surface area (Å²) in [6, 6.07) is 7.27. The third-order valence-electron chi connectivity index (χ3n) is 3.75. The molecule has 2 nitrogen and oxygen atoms in total. The average molecular weight is 203 g/mol. The van der Waals surface area contributed by atoms with Gasteiger partial charge in [0.15, 0.2) is 0 Å². The maximum Gasteiger partial charge on any atom is 0.119 e. The number of piperidine rings is 1. The highest BCUT2D eigenvalue weighted by atomic mass is 16.5. The first-order valence-electron chi connectivity index (χ1n) is 5.77. The quantitative estimate of drug-likeness (QED) is 0.754. The second kappa shape index (κ2) is 3.53. The first kappa shape index (κ1) is 9.22. The molecule has 1 aliphatic carbocycles. The normalized spacial score (nSPS) is 28.3. The Hall–Kier alpha value is -1.02. The van der Waals surface area contributed by atoms with Crippen molar-refractivity contribution in [3.05, 3.63) is 29.3 Å². The molecule has 2 heteroatoms. The van der Waals surface area contributed by atoms with Gasteiger partial charge in [0.05, 0.1) is 7.11 Å². The molecular formula is C13H17NO. The van der Waals surface area contributed by atoms with Gasteiger partial charge in [-0.05, 0) is 55.0 Å². The minimum Gasteiger partial charge on any atom is -0.497 e. The standard InChI is InChI=1S/C13H17NO/c1-15-12-3-2-9-6-11-7-10(4-5-14-11)13(9)8-12/h2-3,8,10-11,14H,4-7H2,1H3. The van der Waals surface area contributed by atoms with Gasteiger partial charge in [0.25, 0.3) is 0 Å². The van der Waals surface area contributed by atoms with Gasteiger partial charge in [-0.25, -0.2) is 0 Å². The monoisotopic (exact) mass is 203 g/mol. The summed E-state index contributed by atoms with van der Waals surface area (Å²) < 4.78 is 5.30. The Morgan fingerprint density at radius 3 is 3.20 bits per heavy atom. The number of fused-ring (bicyclic) bond motifs is 4. The SMILES string of the molecule is COc1ccc2c(c1)C1CCNC(C2)C1. The third kappa shape index (κ3) is 1.53. The molecule has 1 aliphatic heterocycles. The van der Waals surface area contributed by atoms with E-state index in [0.717, 1.165) is 11.7 Å². The zero-order valence-electron chi connectivity index (χ0n) is 9.12. The lowest BCUT2D eigenvalue weighted by Crippen LogP contribution is -2.41. The molecule has 1 N–H and O–H groups in total. The van der Waals surface area contributed by atoms with E-state index in [0.29, 0.717) is 6.04 Å². The molecule has 0 saturated carbocycles. The smallest absolute Gasteiger partial charge is 0.119 e. The van der Waals surface area contributed by atoms with E-state index in [2.05, 4.69) is 23.5 Å². The van der Waals surface area contributed by atoms with Crippen LogP contribution >= 0.6 is 0 Å². The average Bonchev–Trinajstić information content (AvgIpc) is 2.29. The molecule has 2 aliphatic rings. The molecular weight excluding hydrogens is 186 g/mol. The van der Waals surface area contributed by atoms with Crippen molar-refractivity contribution in [3.8, 4) is 5.75 Å². The summed E-state index contributed by atoms with van der Waals surface area (Å²) >= 11 is 0. The molecule has 2 unspecified atom stereocenters. The van der Waals surface area contributed by atoms with Gasteiger partial charge < -0.3 is 10.1 Å². The minimum absolute atomic E-state index is 0.713. The predicted octanol–water partition coefficient (Wildman–Crippen LogP) is 2.09. The van der Waals surface area contributed by atoms with Crippen molar-refractivity contribution in [1.29, 1.82) is 0 Å². The van der Waals surface area contributed by atoms with E-state index >= 15 is 0 Å². The fourth-order valence-electron chi connectivity index (χ4n) is 2.98. The topological polar surface area (TPSA) is 21.3 Å². The van der Waals surface area contributed by atoms with Gasteiger partial charge in [-0.1, -0.05) is 6.07 Å². The highest BCUT2D eigenvalue weighted by Gasteiger charge is 2.29. The highest BCUT2D eigenvalue weighted by Crippen LogP contribution is 2.37. The lowest BCUT2D eigenvalue weighted by Gasteiger charge is -2.37. The molecule has 2 atom stereocenters. The Morgan fingerprint density at radius 1 is 1.40 bits per heavy atom. The molecule has 0 spiro atoms. The molecule has 1 heterocycles. The number of benzene rings is 1. The van der Waals surface area contributed by atoms with Crippen LogP contribution in [0.4, 0.5) is 0 Å². The van der Waals surface area contributed by atoms with Crippen LogP contribution in [0.5, 0.6) is 5.75 Å². The minimum atomic E-state index is 0.713. The maximum absolute atomic E-state index is 5.30. The molecule has 0 radical (unpaired) electrons. The fraction of sp³-hybridized carbons (Fsp3) is 0.538. The van der Waals surface area contributed by atoms with Crippen LogP contribution in [0.25, 0.3) is 0 Å². The van der Waals surface area contributed by atoms with Gasteiger partial charge in [0.1, 0.15) is 5.75 Å². The van der Waals surface area contributed by atoms with Gasteiger partial charge in [-0.2, -0.15) is 0 Å². The lowest BCUT2D eigenvalue weighted by molar-refractivity contribution is 0.336. The number of rotatable bonds is 1. The van der Waals surface area contributed by atoms with Crippen LogP contribution in [-0.2, 0) is 6.42 Å². The zero-order valence-corrected chi connectivity index (χ0v) is 9.12. The van der Waals surface area contributed by atoms with Crippen molar-refractivity contribution < 1.29 is 4.74 Å². The molecule has 1 saturated heterocycles. The van der Waals surface area contributed by atoms with E-state index < -0.39 is 0 Å². The number of methoxy groups -OCH3 is 1. The van der Waals surface area contributed by atoms with Crippen molar-refractivity contribution in [2.75, 3.05) is 13.7 Å². The molecule has 0 amide bonds. The molecule has 1 aromatic carbocycles. The Kier molecular flexibility index (Phi) is 2.17. The van der Waals surface area contributed by atoms with Crippen molar-refractivity contribution in [2.24, 2.45) is 0 Å². The van der Waals surface area contributed by atoms with E-state index in [-0.39, 0.29) is 0 Å². The van der Waals surface area contributed by atoms with Crippen molar-refractivity contribution in [3.63, 3.8) is 0 Å². The Morgan fingerprint density at radius 2 is 2.33 bits per heavy atom. The zero-order chi connectivity index (χ0) is 10.3. The third-order valence-corrected chi connectivity index (χ3v) is 3.75. The maximum atomic E-state index is 5.30. The van der Waals surface area contributed by atoms with Crippen molar-refractivity contribution >= 4 is 0 Å². The van der Waals surface area contributed by atoms with Crippen LogP contribution in [0.3, 0.4) is 0 Å². The summed E-state index contributed by atoms with van der Waals surface area (Å²) in [4.78, 5) is 0. The summed E-state index contributed by atoms with van der Waals surface area (Å²) in [5.41, 5.74) is 3.05. The summed E-state index contributed by atoms with van der Waals surface area (Å²) in [7, 11) is 1.75. The first-order chi connectivity index (χ1) is 7.36. The van der Waals surface area contributed by atoms with Gasteiger partial charge in [0, 0.05) is 6.04 Å². The Balaban J connectivity index is 2.02. The van der Waals surface area contributed by atoms with E-state index in [1.807, 2.05) is 0 Å². The molecule has 15 heavy (non-hydrogen) atoms. The summed E-state index contributed by atoms with van der Waals surface area (Å²) in [5, 5.41) is 3.59. The highest BCUT2D eigenvalue weighted by molar-refractivity contribution is 5.40. The van der Waals surface area contributed by atoms with Crippen LogP contribution in [0, 0.1) is 0 Å². The van der Waals surface area contributed by atoms with Gasteiger partial charge >= 0.3 is 0 Å². The molecule has 1 aromatic rings. The summed E-state index contributed by atoms with van der Waals surface area (Å²) in [5.74, 6) is 1.76. The van der Waals surface area contributed by atoms with E-state index in [1.54, 1.807) is 7.11 Å². The van der Waals surface area contributed by atoms with E-state index in [1.165, 1.54) is 36.9 Å². The number of nitrogens with one attached hydrogen (secondary N) is 1. The van der Waals surface area contributed by atoms with E-state index in [9.17, 15) is 0 Å². The van der Waals surface area contributed by atoms with Gasteiger partial charge in [-0.3, -0.25) is 0 Å². The van der Waals surface area contributed by atoms with Crippen LogP contribution in [-0.4, -0.2) is 19.7 Å². The van der Waals surface area contributed by atoms with Crippen molar-refractivity contribution in [1.82, 2.24) is 5.32 Å². The van der Waals surface area contributed by atoms with Crippen molar-refractivity contribution in [2.45, 2.75) is 31.2 Å². The van der Waals surface area contributed by atoms with Crippen LogP contribution in [0.1, 0.15) is 29.9 Å². The molecule has 80 valence electrons. The number of hydrogen-bond donors (Lipinski definition) is 1. The summed E-state index contributed by atoms with van der Waals surface area (Å²) in [6.45, 7) is 1.17. The molecule has 0 aromatic heterocycles. The van der Waals surface area contributed by atoms with Gasteiger partial charge in [0.2, 0.25) is 0 Å². The number of ether oxygens (including phenoxy) is 1. The molecule has 1 fully saturated rings. The second-order valence-corrected chi connectivity index (χ2v) is 4.64. The molecule has 3 rings (SSSR count). The first-order valence-corrected chi connectivity index (χ1v) is 5.77. The van der Waals surface area contributed by atoms with Crippen LogP contribution in [0.2, 0.25) is 0 Å². The van der Waals surface area contributed by atoms with Gasteiger partial charge in [-0.15, -0.1) is 0 Å². The second-order valence-electron chi connectivity index (χ2n) is 4.64. The number of hydrogen-bond acceptors (Lipinski definition) is 2. The van der Waals surface area contributed by atoms with Crippen LogP contribution < -0.4 is 10.1 Å². The summed E-state index contributed by atoms with van der Waals surface area (Å²) in [6.07, 6.45) is 3.77. The Bertz CT molecular complexity index is 375. The Labute approximate surface area is 90.6 Å².